The second-order valence-corrected chi connectivity index (χ2v) is 12.2. The van der Waals surface area contributed by atoms with Gasteiger partial charge in [-0.25, -0.2) is 0 Å². The largest absolute Gasteiger partial charge is 0.384 e. The van der Waals surface area contributed by atoms with Gasteiger partial charge in [-0.3, -0.25) is 9.55 Å². The highest BCUT2D eigenvalue weighted by molar-refractivity contribution is 14.1. The van der Waals surface area contributed by atoms with Gasteiger partial charge >= 0.3 is 0 Å². The van der Waals surface area contributed by atoms with Crippen LogP contribution in [0.4, 0.5) is 0 Å². The van der Waals surface area contributed by atoms with E-state index < -0.39 is 12.9 Å². The Labute approximate surface area is 163 Å². The number of nitrogens with one attached hydrogen (secondary N) is 1. The Morgan fingerprint density at radius 2 is 2.12 bits per heavy atom. The maximum atomic E-state index is 11.5. The zero-order valence-corrected chi connectivity index (χ0v) is 17.6. The average Bonchev–Trinajstić information content (AvgIpc) is 3.06. The van der Waals surface area contributed by atoms with Gasteiger partial charge in [-0.15, -0.1) is 5.73 Å². The van der Waals surface area contributed by atoms with Gasteiger partial charge in [-0.1, -0.05) is 35.7 Å². The van der Waals surface area contributed by atoms with Gasteiger partial charge in [0.05, 0.1) is 11.7 Å². The molecule has 2 aliphatic carbocycles. The normalized spacial score (nSPS) is 31.3. The molecule has 0 spiro atoms. The number of amidine groups is 1. The lowest BCUT2D eigenvalue weighted by atomic mass is 9.83. The van der Waals surface area contributed by atoms with Gasteiger partial charge in [0.2, 0.25) is 0 Å². The van der Waals surface area contributed by atoms with Gasteiger partial charge in [0.1, 0.15) is 5.84 Å². The third kappa shape index (κ3) is 4.48. The second kappa shape index (κ2) is 7.42. The van der Waals surface area contributed by atoms with Crippen LogP contribution in [0.5, 0.6) is 0 Å². The van der Waals surface area contributed by atoms with Crippen molar-refractivity contribution in [1.29, 1.82) is 0 Å². The molecule has 2 aliphatic rings. The van der Waals surface area contributed by atoms with Crippen LogP contribution < -0.4 is 11.1 Å². The molecule has 0 aliphatic heterocycles. The van der Waals surface area contributed by atoms with E-state index in [1.54, 1.807) is 22.6 Å². The van der Waals surface area contributed by atoms with Crippen LogP contribution in [0, 0.1) is 17.8 Å². The van der Waals surface area contributed by atoms with Crippen LogP contribution in [0.1, 0.15) is 33.1 Å². The molecule has 8 heteroatoms. The van der Waals surface area contributed by atoms with Crippen LogP contribution >= 0.6 is 22.6 Å². The SMILES string of the molecule is C=C=C(NCC(C)(I)S(=O)(=O)O)C1CC2CC(N=C(N)C(=C)C)C1C2. The molecule has 0 radical (unpaired) electrons. The Morgan fingerprint density at radius 3 is 2.60 bits per heavy atom. The van der Waals surface area contributed by atoms with E-state index in [2.05, 4.69) is 29.2 Å². The molecule has 5 atom stereocenters. The first kappa shape index (κ1) is 20.5. The van der Waals surface area contributed by atoms with E-state index in [0.717, 1.165) is 30.5 Å². The summed E-state index contributed by atoms with van der Waals surface area (Å²) in [4.78, 5) is 4.64. The zero-order chi connectivity index (χ0) is 19.0. The lowest BCUT2D eigenvalue weighted by Crippen LogP contribution is -2.41. The minimum absolute atomic E-state index is 0.0833. The molecule has 0 saturated heterocycles. The van der Waals surface area contributed by atoms with Crippen LogP contribution in [0.2, 0.25) is 0 Å². The number of nitrogens with two attached hydrogens (primary N) is 1. The van der Waals surface area contributed by atoms with Gasteiger partial charge in [0, 0.05) is 12.5 Å². The molecule has 2 bridgehead atoms. The summed E-state index contributed by atoms with van der Waals surface area (Å²) in [5, 5.41) is 3.14. The molecule has 0 aromatic rings. The maximum absolute atomic E-state index is 11.5. The van der Waals surface area contributed by atoms with Crippen molar-refractivity contribution in [3.8, 4) is 0 Å². The summed E-state index contributed by atoms with van der Waals surface area (Å²) in [6, 6.07) is 0.151. The average molecular weight is 479 g/mol. The summed E-state index contributed by atoms with van der Waals surface area (Å²) in [6.07, 6.45) is 3.11. The van der Waals surface area contributed by atoms with Crippen LogP contribution in [0.25, 0.3) is 0 Å². The number of rotatable bonds is 7. The minimum Gasteiger partial charge on any atom is -0.384 e. The first-order valence-corrected chi connectivity index (χ1v) is 10.8. The number of aliphatic imine (C=N–C) groups is 1. The maximum Gasteiger partial charge on any atom is 0.281 e. The summed E-state index contributed by atoms with van der Waals surface area (Å²) in [7, 11) is -4.16. The summed E-state index contributed by atoms with van der Waals surface area (Å²) in [5.74, 6) is 1.63. The molecule has 0 aromatic carbocycles. The van der Waals surface area contributed by atoms with E-state index in [9.17, 15) is 13.0 Å². The van der Waals surface area contributed by atoms with E-state index in [1.165, 1.54) is 6.92 Å². The Kier molecular flexibility index (Phi) is 6.08. The second-order valence-electron chi connectivity index (χ2n) is 7.23. The molecular weight excluding hydrogens is 453 g/mol. The van der Waals surface area contributed by atoms with Crippen LogP contribution in [0.3, 0.4) is 0 Å². The van der Waals surface area contributed by atoms with E-state index in [-0.39, 0.29) is 18.5 Å². The lowest BCUT2D eigenvalue weighted by molar-refractivity contribution is 0.322. The standard InChI is InChI=1S/C17H26IN3O3S/c1-5-14(20-9-17(4,18)25(22,23)24)12-6-11-7-13(12)15(8-11)21-16(19)10(2)3/h11-13,15,20H,1-2,6-9H2,3-4H3,(H2,19,21)(H,22,23,24). The molecule has 5 unspecified atom stereocenters. The third-order valence-corrected chi connectivity index (χ3v) is 8.49. The first-order chi connectivity index (χ1) is 11.5. The third-order valence-electron chi connectivity index (χ3n) is 5.21. The lowest BCUT2D eigenvalue weighted by Gasteiger charge is -2.30. The number of hydrogen-bond acceptors (Lipinski definition) is 4. The Morgan fingerprint density at radius 1 is 1.48 bits per heavy atom. The molecule has 0 heterocycles. The summed E-state index contributed by atoms with van der Waals surface area (Å²) in [5.41, 5.74) is 10.4. The Balaban J connectivity index is 2.11. The topological polar surface area (TPSA) is 105 Å². The van der Waals surface area contributed by atoms with Crippen LogP contribution in [-0.4, -0.2) is 34.1 Å². The van der Waals surface area contributed by atoms with Crippen molar-refractivity contribution < 1.29 is 13.0 Å². The molecular formula is C17H26IN3O3S. The molecule has 0 amide bonds. The fraction of sp³-hybridized carbons (Fsp3) is 0.647. The first-order valence-electron chi connectivity index (χ1n) is 8.25. The molecule has 6 nitrogen and oxygen atoms in total. The smallest absolute Gasteiger partial charge is 0.281 e. The fourth-order valence-electron chi connectivity index (χ4n) is 3.75. The van der Waals surface area contributed by atoms with E-state index in [0.29, 0.717) is 17.7 Å². The van der Waals surface area contributed by atoms with Gasteiger partial charge in [0.25, 0.3) is 10.1 Å². The quantitative estimate of drug-likeness (QED) is 0.130. The van der Waals surface area contributed by atoms with Crippen LogP contribution in [-0.2, 0) is 10.1 Å². The molecule has 140 valence electrons. The number of nitrogens with zero attached hydrogens (tertiary/aromatic N) is 1. The molecule has 2 rings (SSSR count). The van der Waals surface area contributed by atoms with Crippen molar-refractivity contribution in [2.45, 2.75) is 41.9 Å². The van der Waals surface area contributed by atoms with Gasteiger partial charge in [0.15, 0.2) is 2.75 Å². The van der Waals surface area contributed by atoms with E-state index in [1.807, 2.05) is 6.92 Å². The number of alkyl halides is 1. The van der Waals surface area contributed by atoms with E-state index >= 15 is 0 Å². The van der Waals surface area contributed by atoms with Gasteiger partial charge in [-0.05, 0) is 50.5 Å². The molecule has 4 N–H and O–H groups in total. The Bertz CT molecular complexity index is 738. The number of allylic oxidation sites excluding steroid dienone is 1. The van der Waals surface area contributed by atoms with Gasteiger partial charge < -0.3 is 11.1 Å². The predicted molar refractivity (Wildman–Crippen MR) is 109 cm³/mol. The van der Waals surface area contributed by atoms with Crippen molar-refractivity contribution in [3.63, 3.8) is 0 Å². The monoisotopic (exact) mass is 479 g/mol. The summed E-state index contributed by atoms with van der Waals surface area (Å²) < 4.78 is 30.9. The number of halogens is 1. The van der Waals surface area contributed by atoms with Crippen molar-refractivity contribution >= 4 is 38.5 Å². The van der Waals surface area contributed by atoms with Crippen molar-refractivity contribution in [2.24, 2.45) is 28.5 Å². The number of hydrogen-bond donors (Lipinski definition) is 3. The van der Waals surface area contributed by atoms with Crippen molar-refractivity contribution in [2.75, 3.05) is 6.54 Å². The highest BCUT2D eigenvalue weighted by atomic mass is 127. The van der Waals surface area contributed by atoms with E-state index in [4.69, 9.17) is 5.73 Å². The minimum atomic E-state index is -4.16. The molecule has 2 fully saturated rings. The highest BCUT2D eigenvalue weighted by Gasteiger charge is 2.48. The molecule has 0 aromatic heterocycles. The predicted octanol–water partition coefficient (Wildman–Crippen LogP) is 2.63. The van der Waals surface area contributed by atoms with Crippen molar-refractivity contribution in [1.82, 2.24) is 5.32 Å². The summed E-state index contributed by atoms with van der Waals surface area (Å²) >= 11 is 1.74. The highest BCUT2D eigenvalue weighted by Crippen LogP contribution is 2.51. The van der Waals surface area contributed by atoms with Crippen LogP contribution in [0.15, 0.2) is 35.2 Å². The van der Waals surface area contributed by atoms with Gasteiger partial charge in [-0.2, -0.15) is 8.42 Å². The van der Waals surface area contributed by atoms with Crippen molar-refractivity contribution in [3.05, 3.63) is 30.2 Å². The zero-order valence-electron chi connectivity index (χ0n) is 14.6. The fourth-order valence-corrected chi connectivity index (χ4v) is 4.20. The number of fused-ring (bicyclic) bond motifs is 2. The Hall–Kier alpha value is -0.830. The summed E-state index contributed by atoms with van der Waals surface area (Å²) in [6.45, 7) is 11.0. The molecule has 25 heavy (non-hydrogen) atoms. The molecule has 2 saturated carbocycles.